The molecule has 0 N–H and O–H groups in total. The molecule has 6 rings (SSSR count). The first kappa shape index (κ1) is 25.8. The molecule has 1 heterocycles. The number of allylic oxidation sites excluding steroid dienone is 4. The zero-order chi connectivity index (χ0) is 28.0. The van der Waals surface area contributed by atoms with Crippen LogP contribution >= 0.6 is 0 Å². The highest BCUT2D eigenvalue weighted by Crippen LogP contribution is 2.53. The van der Waals surface area contributed by atoms with Crippen molar-refractivity contribution in [2.75, 3.05) is 7.05 Å². The van der Waals surface area contributed by atoms with Crippen molar-refractivity contribution in [3.63, 3.8) is 0 Å². The lowest BCUT2D eigenvalue weighted by Gasteiger charge is -2.25. The Kier molecular flexibility index (Phi) is 5.64. The van der Waals surface area contributed by atoms with Gasteiger partial charge in [-0.1, -0.05) is 86.0 Å². The van der Waals surface area contributed by atoms with E-state index in [9.17, 15) is 0 Å². The first-order chi connectivity index (χ1) is 18.3. The molecule has 39 heavy (non-hydrogen) atoms. The highest BCUT2D eigenvalue weighted by atomic mass is 15.0. The molecular weight excluding hydrogens is 470 g/mol. The lowest BCUT2D eigenvalue weighted by molar-refractivity contribution is -0.401. The molecule has 0 amide bonds. The Hall–Kier alpha value is -3.45. The Morgan fingerprint density at radius 1 is 0.692 bits per heavy atom. The van der Waals surface area contributed by atoms with Crippen LogP contribution in [-0.4, -0.2) is 17.3 Å². The molecule has 1 heteroatoms. The second kappa shape index (κ2) is 8.52. The molecule has 0 saturated carbocycles. The molecule has 1 nitrogen and oxygen atoms in total. The third kappa shape index (κ3) is 3.62. The van der Waals surface area contributed by atoms with Crippen molar-refractivity contribution in [2.45, 2.75) is 79.1 Å². The minimum Gasteiger partial charge on any atom is -0.198 e. The van der Waals surface area contributed by atoms with Crippen LogP contribution in [-0.2, 0) is 10.8 Å². The van der Waals surface area contributed by atoms with Gasteiger partial charge in [-0.3, -0.25) is 0 Å². The van der Waals surface area contributed by atoms with Crippen molar-refractivity contribution in [3.05, 3.63) is 111 Å². The van der Waals surface area contributed by atoms with E-state index in [4.69, 9.17) is 0 Å². The largest absolute Gasteiger partial charge is 0.210 e. The summed E-state index contributed by atoms with van der Waals surface area (Å²) in [6.07, 6.45) is 7.08. The second-order valence-corrected chi connectivity index (χ2v) is 13.2. The van der Waals surface area contributed by atoms with Crippen molar-refractivity contribution >= 4 is 32.9 Å². The number of nitrogens with zero attached hydrogens (tertiary/aromatic N) is 1. The Labute approximate surface area is 234 Å². The fraction of sp³-hybridized carbons (Fsp3) is 0.342. The van der Waals surface area contributed by atoms with E-state index < -0.39 is 0 Å². The summed E-state index contributed by atoms with van der Waals surface area (Å²) in [5.74, 6) is 0.399. The maximum atomic E-state index is 2.41. The molecule has 4 aromatic carbocycles. The van der Waals surface area contributed by atoms with Gasteiger partial charge in [-0.05, 0) is 91.4 Å². The summed E-state index contributed by atoms with van der Waals surface area (Å²) < 4.78 is 2.40. The molecule has 0 saturated heterocycles. The topological polar surface area (TPSA) is 3.01 Å². The van der Waals surface area contributed by atoms with Crippen molar-refractivity contribution in [2.24, 2.45) is 0 Å². The van der Waals surface area contributed by atoms with Crippen molar-refractivity contribution < 1.29 is 4.58 Å². The van der Waals surface area contributed by atoms with Gasteiger partial charge in [-0.25, -0.2) is 0 Å². The average Bonchev–Trinajstić information content (AvgIpc) is 3.17. The normalized spacial score (nSPS) is 20.6. The van der Waals surface area contributed by atoms with Crippen LogP contribution in [0.4, 0.5) is 5.69 Å². The highest BCUT2D eigenvalue weighted by molar-refractivity contribution is 6.08. The van der Waals surface area contributed by atoms with E-state index in [-0.39, 0.29) is 10.8 Å². The third-order valence-electron chi connectivity index (χ3n) is 9.78. The molecule has 198 valence electrons. The molecule has 2 aliphatic rings. The number of hydrogen-bond acceptors (Lipinski definition) is 0. The Balaban J connectivity index is 1.43. The Morgan fingerprint density at radius 2 is 1.26 bits per heavy atom. The second-order valence-electron chi connectivity index (χ2n) is 13.2. The van der Waals surface area contributed by atoms with Gasteiger partial charge < -0.3 is 0 Å². The third-order valence-corrected chi connectivity index (χ3v) is 9.78. The fourth-order valence-electron chi connectivity index (χ4n) is 8.05. The number of rotatable bonds is 2. The Morgan fingerprint density at radius 3 is 1.87 bits per heavy atom. The van der Waals surface area contributed by atoms with Gasteiger partial charge in [0, 0.05) is 29.0 Å². The molecule has 1 atom stereocenters. The van der Waals surface area contributed by atoms with Crippen LogP contribution in [0.5, 0.6) is 0 Å². The minimum absolute atomic E-state index is 0.0190. The van der Waals surface area contributed by atoms with Crippen molar-refractivity contribution in [1.82, 2.24) is 0 Å². The monoisotopic (exact) mass is 512 g/mol. The molecule has 1 aliphatic carbocycles. The summed E-state index contributed by atoms with van der Waals surface area (Å²) in [5.41, 5.74) is 13.9. The number of hydrogen-bond donors (Lipinski definition) is 0. The lowest BCUT2D eigenvalue weighted by atomic mass is 9.78. The summed E-state index contributed by atoms with van der Waals surface area (Å²) in [6, 6.07) is 18.7. The first-order valence-corrected chi connectivity index (χ1v) is 14.4. The van der Waals surface area contributed by atoms with E-state index in [0.717, 1.165) is 0 Å². The van der Waals surface area contributed by atoms with Gasteiger partial charge in [-0.2, -0.15) is 4.58 Å². The standard InChI is InChI=1S/C38H42N/c1-22-18-24(3)27-14-15-29-26(5)32(37(6,7)35(29)30(27)20-22)12-11-13-34-38(8,9)36-31-21-23(2)19-25(4)28(31)16-17-33(36)39(34)10/h11-21,26H,1-10H3/q+1/b13-11+,32-12-. The van der Waals surface area contributed by atoms with Crippen LogP contribution in [0.2, 0.25) is 0 Å². The van der Waals surface area contributed by atoms with Crippen LogP contribution in [0.3, 0.4) is 0 Å². The van der Waals surface area contributed by atoms with E-state index in [1.807, 2.05) is 0 Å². The molecule has 0 spiro atoms. The molecule has 0 radical (unpaired) electrons. The van der Waals surface area contributed by atoms with Crippen LogP contribution in [0.15, 0.2) is 72.3 Å². The smallest absolute Gasteiger partial charge is 0.198 e. The predicted octanol–water partition coefficient (Wildman–Crippen LogP) is 9.81. The zero-order valence-corrected chi connectivity index (χ0v) is 25.4. The van der Waals surface area contributed by atoms with Crippen LogP contribution in [0, 0.1) is 27.7 Å². The zero-order valence-electron chi connectivity index (χ0n) is 25.4. The predicted molar refractivity (Wildman–Crippen MR) is 169 cm³/mol. The molecule has 0 aromatic heterocycles. The van der Waals surface area contributed by atoms with E-state index in [0.29, 0.717) is 5.92 Å². The van der Waals surface area contributed by atoms with Gasteiger partial charge in [0.2, 0.25) is 5.69 Å². The molecule has 1 unspecified atom stereocenters. The van der Waals surface area contributed by atoms with Gasteiger partial charge in [0.1, 0.15) is 7.05 Å². The Bertz CT molecular complexity index is 1800. The first-order valence-electron chi connectivity index (χ1n) is 14.4. The van der Waals surface area contributed by atoms with Crippen molar-refractivity contribution in [3.8, 4) is 0 Å². The van der Waals surface area contributed by atoms with E-state index >= 15 is 0 Å². The quantitative estimate of drug-likeness (QED) is 0.235. The molecule has 0 fully saturated rings. The van der Waals surface area contributed by atoms with E-state index in [2.05, 4.69) is 141 Å². The highest BCUT2D eigenvalue weighted by Gasteiger charge is 2.44. The summed E-state index contributed by atoms with van der Waals surface area (Å²) >= 11 is 0. The number of aryl methyl sites for hydroxylation is 4. The van der Waals surface area contributed by atoms with E-state index in [1.54, 1.807) is 0 Å². The molecular formula is C38H42N+. The summed E-state index contributed by atoms with van der Waals surface area (Å²) in [5, 5.41) is 5.57. The summed E-state index contributed by atoms with van der Waals surface area (Å²) in [4.78, 5) is 0. The van der Waals surface area contributed by atoms with Crippen LogP contribution in [0.1, 0.15) is 79.5 Å². The van der Waals surface area contributed by atoms with Crippen molar-refractivity contribution in [1.29, 1.82) is 0 Å². The van der Waals surface area contributed by atoms with E-state index in [1.165, 1.54) is 77.5 Å². The molecule has 0 bridgehead atoms. The summed E-state index contributed by atoms with van der Waals surface area (Å²) in [7, 11) is 2.23. The van der Waals surface area contributed by atoms with Crippen LogP contribution in [0.25, 0.3) is 21.5 Å². The van der Waals surface area contributed by atoms with Gasteiger partial charge >= 0.3 is 0 Å². The maximum Gasteiger partial charge on any atom is 0.210 e. The van der Waals surface area contributed by atoms with Gasteiger partial charge in [-0.15, -0.1) is 0 Å². The fourth-order valence-corrected chi connectivity index (χ4v) is 8.05. The van der Waals surface area contributed by atoms with Gasteiger partial charge in [0.15, 0.2) is 5.71 Å². The van der Waals surface area contributed by atoms with Gasteiger partial charge in [0.25, 0.3) is 0 Å². The molecule has 4 aromatic rings. The maximum absolute atomic E-state index is 2.41. The molecule has 1 aliphatic heterocycles. The SMILES string of the molecule is Cc1cc(C)c2ccc3c(c2c1)C(C)(C)C(/C=C/C=C1/C(C)c2ccc4c(C)cc(C)cc4c2C1(C)C)=[N+]3C. The lowest BCUT2D eigenvalue weighted by Crippen LogP contribution is -2.26. The number of fused-ring (bicyclic) bond motifs is 6. The average molecular weight is 513 g/mol. The number of benzene rings is 4. The van der Waals surface area contributed by atoms with Crippen LogP contribution < -0.4 is 0 Å². The summed E-state index contributed by atoms with van der Waals surface area (Å²) in [6.45, 7) is 20.9. The van der Waals surface area contributed by atoms with Gasteiger partial charge in [0.05, 0.1) is 5.41 Å². The minimum atomic E-state index is -0.0795.